The number of fused-ring (bicyclic) bond motifs is 1. The summed E-state index contributed by atoms with van der Waals surface area (Å²) in [5.74, 6) is -2.14. The zero-order valence-corrected chi connectivity index (χ0v) is 19.9. The first-order chi connectivity index (χ1) is 15.8. The molecule has 0 aliphatic carbocycles. The van der Waals surface area contributed by atoms with Crippen molar-refractivity contribution in [3.63, 3.8) is 0 Å². The summed E-state index contributed by atoms with van der Waals surface area (Å²) >= 11 is 5.96. The van der Waals surface area contributed by atoms with Gasteiger partial charge in [0.2, 0.25) is 17.7 Å². The molecule has 3 N–H and O–H groups in total. The van der Waals surface area contributed by atoms with E-state index in [1.165, 1.54) is 4.90 Å². The van der Waals surface area contributed by atoms with Crippen molar-refractivity contribution in [1.82, 2.24) is 10.2 Å². The maximum atomic E-state index is 13.7. The number of aliphatic hydroxyl groups excluding tert-OH is 1. The third-order valence-corrected chi connectivity index (χ3v) is 7.68. The number of hydrogen-bond acceptors (Lipinski definition) is 5. The lowest BCUT2D eigenvalue weighted by molar-refractivity contribution is -0.146. The molecule has 1 spiro atoms. The van der Waals surface area contributed by atoms with Gasteiger partial charge in [-0.15, -0.1) is 0 Å². The molecule has 2 bridgehead atoms. The third-order valence-electron chi connectivity index (χ3n) is 7.43. The summed E-state index contributed by atoms with van der Waals surface area (Å²) in [7, 11) is 0. The first-order valence-corrected chi connectivity index (χ1v) is 12.2. The van der Waals surface area contributed by atoms with Gasteiger partial charge in [-0.25, -0.2) is 0 Å². The van der Waals surface area contributed by atoms with E-state index in [-0.39, 0.29) is 30.9 Å². The number of amides is 3. The van der Waals surface area contributed by atoms with E-state index in [2.05, 4.69) is 10.6 Å². The number of nitrogens with one attached hydrogen (secondary N) is 2. The van der Waals surface area contributed by atoms with Crippen LogP contribution in [-0.2, 0) is 19.1 Å². The van der Waals surface area contributed by atoms with Gasteiger partial charge in [-0.2, -0.15) is 0 Å². The number of carbonyl (C=O) groups is 3. The van der Waals surface area contributed by atoms with Gasteiger partial charge in [0.25, 0.3) is 0 Å². The summed E-state index contributed by atoms with van der Waals surface area (Å²) in [6.45, 7) is 4.59. The van der Waals surface area contributed by atoms with Crippen LogP contribution in [0.15, 0.2) is 24.3 Å². The van der Waals surface area contributed by atoms with Crippen molar-refractivity contribution in [2.45, 2.75) is 63.2 Å². The zero-order valence-electron chi connectivity index (χ0n) is 19.1. The highest BCUT2D eigenvalue weighted by molar-refractivity contribution is 6.30. The molecule has 8 nitrogen and oxygen atoms in total. The predicted molar refractivity (Wildman–Crippen MR) is 124 cm³/mol. The van der Waals surface area contributed by atoms with Gasteiger partial charge in [-0.3, -0.25) is 14.4 Å². The summed E-state index contributed by atoms with van der Waals surface area (Å²) in [5, 5.41) is 15.8. The molecule has 1 aromatic carbocycles. The summed E-state index contributed by atoms with van der Waals surface area (Å²) in [6, 6.07) is 5.88. The van der Waals surface area contributed by atoms with E-state index in [0.717, 1.165) is 6.42 Å². The fourth-order valence-electron chi connectivity index (χ4n) is 6.00. The molecule has 3 fully saturated rings. The Morgan fingerprint density at radius 3 is 2.58 bits per heavy atom. The minimum absolute atomic E-state index is 0.104. The maximum absolute atomic E-state index is 13.7. The Balaban J connectivity index is 1.71. The number of aliphatic hydroxyl groups is 1. The van der Waals surface area contributed by atoms with E-state index in [4.69, 9.17) is 16.3 Å². The third kappa shape index (κ3) is 3.82. The van der Waals surface area contributed by atoms with E-state index in [1.807, 2.05) is 13.8 Å². The van der Waals surface area contributed by atoms with Crippen molar-refractivity contribution in [2.75, 3.05) is 25.0 Å². The molecule has 0 saturated carbocycles. The van der Waals surface area contributed by atoms with E-state index < -0.39 is 29.1 Å². The minimum Gasteiger partial charge on any atom is -0.396 e. The van der Waals surface area contributed by atoms with Crippen LogP contribution in [0.2, 0.25) is 5.02 Å². The Bertz CT molecular complexity index is 925. The molecule has 0 aromatic heterocycles. The molecule has 2 unspecified atom stereocenters. The Morgan fingerprint density at radius 1 is 1.21 bits per heavy atom. The molecule has 1 aromatic rings. The maximum Gasteiger partial charge on any atom is 0.250 e. The summed E-state index contributed by atoms with van der Waals surface area (Å²) in [4.78, 5) is 42.1. The standard InChI is InChI=1S/C24H32ClN3O5/c1-3-12-26-20(30)17-18-22(32)28(13-5-14-29)19(24(18)11-10-23(17,4-2)33-24)21(31)27-16-8-6-15(25)7-9-16/h6-9,17-19,29H,3-5,10-14H2,1-2H3,(H,26,30)(H,27,31)/t17-,18+,19?,23+,24?/m1/s1. The number of halogens is 1. The minimum atomic E-state index is -1.06. The molecular weight excluding hydrogens is 446 g/mol. The summed E-state index contributed by atoms with van der Waals surface area (Å²) in [5.41, 5.74) is -1.25. The number of likely N-dealkylation sites (tertiary alicyclic amines) is 1. The molecule has 33 heavy (non-hydrogen) atoms. The highest BCUT2D eigenvalue weighted by Gasteiger charge is 2.78. The summed E-state index contributed by atoms with van der Waals surface area (Å²) < 4.78 is 6.64. The lowest BCUT2D eigenvalue weighted by Gasteiger charge is -2.34. The molecular formula is C24H32ClN3O5. The van der Waals surface area contributed by atoms with Crippen LogP contribution < -0.4 is 10.6 Å². The van der Waals surface area contributed by atoms with Crippen molar-refractivity contribution >= 4 is 35.0 Å². The van der Waals surface area contributed by atoms with Crippen LogP contribution in [0, 0.1) is 11.8 Å². The van der Waals surface area contributed by atoms with Gasteiger partial charge in [0.05, 0.1) is 17.4 Å². The Kier molecular flexibility index (Phi) is 6.71. The largest absolute Gasteiger partial charge is 0.396 e. The Hall–Kier alpha value is -2.16. The molecule has 3 saturated heterocycles. The molecule has 3 aliphatic heterocycles. The normalized spacial score (nSPS) is 32.2. The molecule has 3 amide bonds. The average molecular weight is 478 g/mol. The van der Waals surface area contributed by atoms with Crippen LogP contribution in [0.25, 0.3) is 0 Å². The highest BCUT2D eigenvalue weighted by Crippen LogP contribution is 2.64. The van der Waals surface area contributed by atoms with Crippen molar-refractivity contribution < 1.29 is 24.2 Å². The van der Waals surface area contributed by atoms with Crippen molar-refractivity contribution in [3.05, 3.63) is 29.3 Å². The Labute approximate surface area is 199 Å². The second-order valence-electron chi connectivity index (χ2n) is 9.23. The fourth-order valence-corrected chi connectivity index (χ4v) is 6.13. The second-order valence-corrected chi connectivity index (χ2v) is 9.67. The quantitative estimate of drug-likeness (QED) is 0.506. The number of anilines is 1. The van der Waals surface area contributed by atoms with E-state index in [9.17, 15) is 19.5 Å². The van der Waals surface area contributed by atoms with E-state index in [1.54, 1.807) is 24.3 Å². The SMILES string of the molecule is CCCNC(=O)[C@H]1[C@H]2C(=O)N(CCCO)C(C(=O)Nc3ccc(Cl)cc3)C23CC[C@]1(CC)O3. The molecule has 3 heterocycles. The lowest BCUT2D eigenvalue weighted by atomic mass is 9.65. The van der Waals surface area contributed by atoms with Gasteiger partial charge in [0.15, 0.2) is 0 Å². The van der Waals surface area contributed by atoms with Crippen LogP contribution in [-0.4, -0.2) is 64.7 Å². The van der Waals surface area contributed by atoms with Crippen LogP contribution in [0.5, 0.6) is 0 Å². The number of rotatable bonds is 9. The zero-order chi connectivity index (χ0) is 23.8. The van der Waals surface area contributed by atoms with Gasteiger partial charge < -0.3 is 25.4 Å². The van der Waals surface area contributed by atoms with Crippen molar-refractivity contribution in [2.24, 2.45) is 11.8 Å². The van der Waals surface area contributed by atoms with Crippen LogP contribution in [0.1, 0.15) is 46.0 Å². The second kappa shape index (κ2) is 9.24. The van der Waals surface area contributed by atoms with Crippen LogP contribution in [0.4, 0.5) is 5.69 Å². The molecule has 4 rings (SSSR count). The number of benzene rings is 1. The predicted octanol–water partition coefficient (Wildman–Crippen LogP) is 2.34. The van der Waals surface area contributed by atoms with Crippen LogP contribution in [0.3, 0.4) is 0 Å². The van der Waals surface area contributed by atoms with Gasteiger partial charge in [0, 0.05) is 30.4 Å². The topological polar surface area (TPSA) is 108 Å². The van der Waals surface area contributed by atoms with E-state index in [0.29, 0.717) is 42.9 Å². The Morgan fingerprint density at radius 2 is 1.94 bits per heavy atom. The van der Waals surface area contributed by atoms with Gasteiger partial charge in [-0.1, -0.05) is 25.4 Å². The highest BCUT2D eigenvalue weighted by atomic mass is 35.5. The number of nitrogens with zero attached hydrogens (tertiary/aromatic N) is 1. The fraction of sp³-hybridized carbons (Fsp3) is 0.625. The van der Waals surface area contributed by atoms with E-state index >= 15 is 0 Å². The molecule has 3 aliphatic rings. The number of carbonyl (C=O) groups excluding carboxylic acids is 3. The van der Waals surface area contributed by atoms with Crippen molar-refractivity contribution in [1.29, 1.82) is 0 Å². The molecule has 5 atom stereocenters. The van der Waals surface area contributed by atoms with Crippen LogP contribution >= 0.6 is 11.6 Å². The average Bonchev–Trinajstić information content (AvgIpc) is 3.41. The monoisotopic (exact) mass is 477 g/mol. The van der Waals surface area contributed by atoms with Crippen molar-refractivity contribution in [3.8, 4) is 0 Å². The van der Waals surface area contributed by atoms with Gasteiger partial charge in [0.1, 0.15) is 11.6 Å². The lowest BCUT2D eigenvalue weighted by Crippen LogP contribution is -2.53. The van der Waals surface area contributed by atoms with Gasteiger partial charge in [-0.05, 0) is 56.4 Å². The van der Waals surface area contributed by atoms with Gasteiger partial charge >= 0.3 is 0 Å². The first-order valence-electron chi connectivity index (χ1n) is 11.8. The first kappa shape index (κ1) is 24.0. The number of hydrogen-bond donors (Lipinski definition) is 3. The molecule has 9 heteroatoms. The molecule has 0 radical (unpaired) electrons. The molecule has 180 valence electrons. The smallest absolute Gasteiger partial charge is 0.250 e. The summed E-state index contributed by atoms with van der Waals surface area (Å²) in [6.07, 6.45) is 2.87. The number of ether oxygens (including phenoxy) is 1.